The van der Waals surface area contributed by atoms with Gasteiger partial charge in [-0.2, -0.15) is 0 Å². The number of carboxylic acid groups (broad SMARTS) is 1. The van der Waals surface area contributed by atoms with Gasteiger partial charge in [0.1, 0.15) is 18.1 Å². The van der Waals surface area contributed by atoms with E-state index in [9.17, 15) is 34.2 Å². The van der Waals surface area contributed by atoms with Crippen LogP contribution in [0.25, 0.3) is 10.9 Å². The van der Waals surface area contributed by atoms with Gasteiger partial charge in [-0.3, -0.25) is 19.2 Å². The number of carbonyl (C=O) groups excluding carboxylic acids is 4. The summed E-state index contributed by atoms with van der Waals surface area (Å²) in [7, 11) is 0. The highest BCUT2D eigenvalue weighted by Gasteiger charge is 2.31. The Kier molecular flexibility index (Phi) is 9.72. The van der Waals surface area contributed by atoms with Crippen molar-refractivity contribution in [2.45, 2.75) is 43.4 Å². The molecule has 4 amide bonds. The maximum atomic E-state index is 13.1. The Labute approximate surface area is 221 Å². The Balaban J connectivity index is 1.77. The predicted molar refractivity (Wildman–Crippen MR) is 137 cm³/mol. The van der Waals surface area contributed by atoms with Gasteiger partial charge in [0, 0.05) is 41.8 Å². The first-order valence-electron chi connectivity index (χ1n) is 11.9. The maximum Gasteiger partial charge on any atom is 0.326 e. The Morgan fingerprint density at radius 1 is 0.923 bits per heavy atom. The lowest BCUT2D eigenvalue weighted by molar-refractivity contribution is -0.143. The molecule has 0 bridgehead atoms. The normalized spacial score (nSPS) is 14.1. The van der Waals surface area contributed by atoms with Crippen molar-refractivity contribution in [3.8, 4) is 0 Å². The molecule has 3 rings (SSSR count). The number of fused-ring (bicyclic) bond motifs is 1. The van der Waals surface area contributed by atoms with E-state index in [1.807, 2.05) is 6.07 Å². The van der Waals surface area contributed by atoms with Crippen LogP contribution in [0.3, 0.4) is 0 Å². The smallest absolute Gasteiger partial charge is 0.326 e. The van der Waals surface area contributed by atoms with E-state index in [0.29, 0.717) is 11.3 Å². The van der Waals surface area contributed by atoms with E-state index in [0.717, 1.165) is 10.9 Å². The second-order valence-electron chi connectivity index (χ2n) is 8.83. The molecule has 0 saturated heterocycles. The van der Waals surface area contributed by atoms with Crippen molar-refractivity contribution in [3.05, 3.63) is 54.2 Å². The number of aliphatic hydroxyl groups excluding tert-OH is 1. The highest BCUT2D eigenvalue weighted by atomic mass is 16.4. The van der Waals surface area contributed by atoms with Crippen molar-refractivity contribution in [2.75, 3.05) is 6.61 Å². The fourth-order valence-corrected chi connectivity index (χ4v) is 3.87. The summed E-state index contributed by atoms with van der Waals surface area (Å²) in [6.45, 7) is -0.810. The number of imidazole rings is 1. The Morgan fingerprint density at radius 3 is 2.23 bits per heavy atom. The summed E-state index contributed by atoms with van der Waals surface area (Å²) in [4.78, 5) is 71.2. The van der Waals surface area contributed by atoms with Crippen LogP contribution < -0.4 is 27.4 Å². The number of para-hydroxylation sites is 1. The van der Waals surface area contributed by atoms with Gasteiger partial charge in [0.15, 0.2) is 0 Å². The second kappa shape index (κ2) is 13.2. The van der Waals surface area contributed by atoms with Crippen LogP contribution in [0.4, 0.5) is 0 Å². The number of aromatic amines is 2. The first kappa shape index (κ1) is 28.8. The average molecular weight is 543 g/mol. The maximum absolute atomic E-state index is 13.1. The largest absolute Gasteiger partial charge is 0.480 e. The number of benzene rings is 1. The molecule has 0 aliphatic carbocycles. The number of H-pyrrole nitrogens is 2. The van der Waals surface area contributed by atoms with E-state index in [1.165, 1.54) is 12.5 Å². The van der Waals surface area contributed by atoms with E-state index in [4.69, 9.17) is 11.5 Å². The third-order valence-electron chi connectivity index (χ3n) is 5.90. The molecular formula is C24H30N8O7. The molecule has 1 aromatic carbocycles. The topological polar surface area (TPSA) is 258 Å². The molecule has 208 valence electrons. The molecule has 2 heterocycles. The zero-order valence-electron chi connectivity index (χ0n) is 20.7. The van der Waals surface area contributed by atoms with Gasteiger partial charge in [0.2, 0.25) is 23.6 Å². The zero-order valence-corrected chi connectivity index (χ0v) is 20.7. The lowest BCUT2D eigenvalue weighted by Crippen LogP contribution is -2.58. The van der Waals surface area contributed by atoms with Gasteiger partial charge in [0.25, 0.3) is 0 Å². The predicted octanol–water partition coefficient (Wildman–Crippen LogP) is -2.59. The van der Waals surface area contributed by atoms with Gasteiger partial charge in [0.05, 0.1) is 25.4 Å². The molecule has 15 heteroatoms. The number of aliphatic hydroxyl groups is 1. The van der Waals surface area contributed by atoms with Gasteiger partial charge in [-0.1, -0.05) is 18.2 Å². The number of carboxylic acids is 1. The van der Waals surface area contributed by atoms with Crippen LogP contribution in [0.1, 0.15) is 17.7 Å². The SMILES string of the molecule is NC(=O)CC(NC(=O)C(Cc1c[nH]c2ccccc12)NC(=O)C(CO)NC(=O)C(N)Cc1cnc[nH]1)C(=O)O. The van der Waals surface area contributed by atoms with Crippen molar-refractivity contribution >= 4 is 40.5 Å². The van der Waals surface area contributed by atoms with Crippen LogP contribution in [0.5, 0.6) is 0 Å². The molecule has 3 aromatic rings. The van der Waals surface area contributed by atoms with E-state index in [1.54, 1.807) is 24.4 Å². The van der Waals surface area contributed by atoms with Crippen molar-refractivity contribution in [3.63, 3.8) is 0 Å². The molecule has 4 unspecified atom stereocenters. The number of nitrogens with one attached hydrogen (secondary N) is 5. The summed E-state index contributed by atoms with van der Waals surface area (Å²) >= 11 is 0. The molecule has 0 aliphatic rings. The fourth-order valence-electron chi connectivity index (χ4n) is 3.87. The third-order valence-corrected chi connectivity index (χ3v) is 5.90. The summed E-state index contributed by atoms with van der Waals surface area (Å²) in [5.41, 5.74) is 13.0. The van der Waals surface area contributed by atoms with E-state index in [-0.39, 0.29) is 12.8 Å². The number of amides is 4. The van der Waals surface area contributed by atoms with Gasteiger partial charge >= 0.3 is 5.97 Å². The lowest BCUT2D eigenvalue weighted by atomic mass is 10.0. The van der Waals surface area contributed by atoms with Gasteiger partial charge in [-0.25, -0.2) is 9.78 Å². The molecule has 0 aliphatic heterocycles. The molecule has 39 heavy (non-hydrogen) atoms. The minimum absolute atomic E-state index is 0.0874. The fraction of sp³-hybridized carbons (Fsp3) is 0.333. The van der Waals surface area contributed by atoms with Crippen LogP contribution in [-0.2, 0) is 36.8 Å². The molecule has 2 aromatic heterocycles. The molecule has 0 saturated carbocycles. The zero-order chi connectivity index (χ0) is 28.5. The Hall–Kier alpha value is -4.76. The summed E-state index contributed by atoms with van der Waals surface area (Å²) in [5, 5.41) is 26.9. The highest BCUT2D eigenvalue weighted by Crippen LogP contribution is 2.19. The van der Waals surface area contributed by atoms with Crippen LogP contribution in [0.15, 0.2) is 43.0 Å². The summed E-state index contributed by atoms with van der Waals surface area (Å²) < 4.78 is 0. The first-order chi connectivity index (χ1) is 18.6. The first-order valence-corrected chi connectivity index (χ1v) is 11.9. The van der Waals surface area contributed by atoms with Crippen molar-refractivity contribution < 1.29 is 34.2 Å². The number of nitrogens with two attached hydrogens (primary N) is 2. The van der Waals surface area contributed by atoms with E-state index in [2.05, 4.69) is 30.9 Å². The summed E-state index contributed by atoms with van der Waals surface area (Å²) in [5.74, 6) is -5.01. The van der Waals surface area contributed by atoms with Gasteiger partial charge in [-0.15, -0.1) is 0 Å². The second-order valence-corrected chi connectivity index (χ2v) is 8.83. The number of aromatic nitrogens is 3. The minimum atomic E-state index is -1.63. The highest BCUT2D eigenvalue weighted by molar-refractivity contribution is 5.95. The van der Waals surface area contributed by atoms with Crippen molar-refractivity contribution in [2.24, 2.45) is 11.5 Å². The van der Waals surface area contributed by atoms with Crippen LogP contribution in [0, 0.1) is 0 Å². The Morgan fingerprint density at radius 2 is 1.59 bits per heavy atom. The molecule has 0 fully saturated rings. The average Bonchev–Trinajstić information content (AvgIpc) is 3.55. The molecule has 0 radical (unpaired) electrons. The summed E-state index contributed by atoms with van der Waals surface area (Å²) in [6.07, 6.45) is 3.87. The number of aliphatic carboxylic acids is 1. The Bertz CT molecular complexity index is 1320. The van der Waals surface area contributed by atoms with Gasteiger partial charge < -0.3 is 47.6 Å². The molecule has 11 N–H and O–H groups in total. The number of nitrogens with zero attached hydrogens (tertiary/aromatic N) is 1. The van der Waals surface area contributed by atoms with Crippen LogP contribution in [0.2, 0.25) is 0 Å². The van der Waals surface area contributed by atoms with Crippen LogP contribution in [-0.4, -0.2) is 85.5 Å². The molecular weight excluding hydrogens is 512 g/mol. The number of rotatable bonds is 14. The standard InChI is InChI=1S/C24H30N8O7/c25-15(6-13-9-27-11-29-13)21(35)32-19(10-33)23(37)30-17(22(36)31-18(24(38)39)7-20(26)34)5-12-8-28-16-4-2-1-3-14(12)16/h1-4,8-9,11,15,17-19,28,33H,5-7,10,25H2,(H2,26,34)(H,27,29)(H,30,37)(H,31,36)(H,32,35)(H,38,39). The quantitative estimate of drug-likeness (QED) is 0.103. The van der Waals surface area contributed by atoms with E-state index < -0.39 is 66.8 Å². The molecule has 15 nitrogen and oxygen atoms in total. The number of hydrogen-bond donors (Lipinski definition) is 9. The van der Waals surface area contributed by atoms with Crippen molar-refractivity contribution in [1.82, 2.24) is 30.9 Å². The number of hydrogen-bond acceptors (Lipinski definition) is 8. The van der Waals surface area contributed by atoms with E-state index >= 15 is 0 Å². The van der Waals surface area contributed by atoms with Gasteiger partial charge in [-0.05, 0) is 11.6 Å². The summed E-state index contributed by atoms with van der Waals surface area (Å²) in [6, 6.07) is 1.67. The molecule has 0 spiro atoms. The van der Waals surface area contributed by atoms with Crippen LogP contribution >= 0.6 is 0 Å². The monoisotopic (exact) mass is 542 g/mol. The third kappa shape index (κ3) is 7.86. The lowest BCUT2D eigenvalue weighted by Gasteiger charge is -2.24. The minimum Gasteiger partial charge on any atom is -0.480 e. The number of primary amides is 1. The molecule has 4 atom stereocenters. The number of carbonyl (C=O) groups is 5. The van der Waals surface area contributed by atoms with Crippen molar-refractivity contribution in [1.29, 1.82) is 0 Å².